The Kier molecular flexibility index (Phi) is 2.28. The molecule has 1 heterocycles. The molecule has 0 saturated heterocycles. The topological polar surface area (TPSA) is 54.4 Å². The van der Waals surface area contributed by atoms with Crippen LogP contribution in [0.4, 0.5) is 0 Å². The van der Waals surface area contributed by atoms with Gasteiger partial charge in [0.15, 0.2) is 0 Å². The quantitative estimate of drug-likeness (QED) is 0.664. The molecule has 0 atom stereocenters. The minimum Gasteiger partial charge on any atom is -0.496 e. The summed E-state index contributed by atoms with van der Waals surface area (Å²) in [5.41, 5.74) is 2.72. The van der Waals surface area contributed by atoms with E-state index >= 15 is 0 Å². The maximum absolute atomic E-state index is 10.6. The first-order chi connectivity index (χ1) is 8.70. The van der Waals surface area contributed by atoms with Gasteiger partial charge in [-0.05, 0) is 31.9 Å². The molecular weight excluding hydrogens is 228 g/mol. The Labute approximate surface area is 105 Å². The SMILES string of the molecule is COc1c(C2(N=C=O)CC2)ccc2[nH]c(C)cc12. The number of nitrogens with one attached hydrogen (secondary N) is 1. The van der Waals surface area contributed by atoms with Crippen molar-refractivity contribution in [1.82, 2.24) is 4.98 Å². The van der Waals surface area contributed by atoms with Crippen LogP contribution in [0.3, 0.4) is 0 Å². The molecule has 1 aliphatic rings. The number of aryl methyl sites for hydroxylation is 1. The van der Waals surface area contributed by atoms with Gasteiger partial charge in [0.2, 0.25) is 6.08 Å². The second-order valence-corrected chi connectivity index (χ2v) is 4.79. The molecule has 0 aliphatic heterocycles. The summed E-state index contributed by atoms with van der Waals surface area (Å²) in [6.45, 7) is 2.01. The van der Waals surface area contributed by atoms with Crippen molar-refractivity contribution in [2.45, 2.75) is 25.3 Å². The fourth-order valence-electron chi connectivity index (χ4n) is 2.55. The number of aromatic amines is 1. The van der Waals surface area contributed by atoms with E-state index in [9.17, 15) is 4.79 Å². The number of H-pyrrole nitrogens is 1. The molecule has 2 aromatic rings. The van der Waals surface area contributed by atoms with Crippen LogP contribution in [0, 0.1) is 6.92 Å². The van der Waals surface area contributed by atoms with Crippen LogP contribution in [0.2, 0.25) is 0 Å². The maximum Gasteiger partial charge on any atom is 0.235 e. The highest BCUT2D eigenvalue weighted by Crippen LogP contribution is 2.53. The first-order valence-electron chi connectivity index (χ1n) is 5.96. The van der Waals surface area contributed by atoms with Crippen LogP contribution in [0.15, 0.2) is 23.2 Å². The Hall–Kier alpha value is -2.06. The van der Waals surface area contributed by atoms with E-state index in [1.165, 1.54) is 0 Å². The number of nitrogens with zero attached hydrogens (tertiary/aromatic N) is 1. The Balaban J connectivity index is 2.27. The predicted molar refractivity (Wildman–Crippen MR) is 68.6 cm³/mol. The zero-order valence-corrected chi connectivity index (χ0v) is 10.4. The number of isocyanates is 1. The van der Waals surface area contributed by atoms with Crippen LogP contribution in [0.1, 0.15) is 24.1 Å². The summed E-state index contributed by atoms with van der Waals surface area (Å²) in [4.78, 5) is 17.8. The Morgan fingerprint density at radius 2 is 2.22 bits per heavy atom. The van der Waals surface area contributed by atoms with Gasteiger partial charge in [0.05, 0.1) is 7.11 Å². The van der Waals surface area contributed by atoms with Gasteiger partial charge in [-0.1, -0.05) is 6.07 Å². The van der Waals surface area contributed by atoms with Crippen molar-refractivity contribution in [2.75, 3.05) is 7.11 Å². The zero-order chi connectivity index (χ0) is 12.8. The molecule has 92 valence electrons. The van der Waals surface area contributed by atoms with Gasteiger partial charge >= 0.3 is 0 Å². The van der Waals surface area contributed by atoms with Gasteiger partial charge < -0.3 is 9.72 Å². The van der Waals surface area contributed by atoms with Gasteiger partial charge in [0.1, 0.15) is 11.3 Å². The highest BCUT2D eigenvalue weighted by Gasteiger charge is 2.47. The number of benzene rings is 1. The van der Waals surface area contributed by atoms with Gasteiger partial charge in [-0.15, -0.1) is 0 Å². The Morgan fingerprint density at radius 3 is 2.83 bits per heavy atom. The number of hydrogen-bond donors (Lipinski definition) is 1. The summed E-state index contributed by atoms with van der Waals surface area (Å²) < 4.78 is 5.53. The molecule has 1 fully saturated rings. The molecule has 0 spiro atoms. The molecule has 1 N–H and O–H groups in total. The standard InChI is InChI=1S/C14H14N2O2/c1-9-7-10-12(16-9)4-3-11(13(10)18-2)14(5-6-14)15-8-17/h3-4,7,16H,5-6H2,1-2H3. The van der Waals surface area contributed by atoms with Crippen LogP contribution in [-0.4, -0.2) is 18.2 Å². The number of fused-ring (bicyclic) bond motifs is 1. The second kappa shape index (κ2) is 3.72. The number of aromatic nitrogens is 1. The van der Waals surface area contributed by atoms with E-state index < -0.39 is 5.54 Å². The average molecular weight is 242 g/mol. The molecule has 3 rings (SSSR count). The average Bonchev–Trinajstić information content (AvgIpc) is 3.02. The molecule has 18 heavy (non-hydrogen) atoms. The number of aliphatic imine (C=N–C) groups is 1. The first-order valence-corrected chi connectivity index (χ1v) is 5.96. The van der Waals surface area contributed by atoms with Crippen molar-refractivity contribution in [3.8, 4) is 5.75 Å². The number of hydrogen-bond acceptors (Lipinski definition) is 3. The number of carbonyl (C=O) groups excluding carboxylic acids is 1. The van der Waals surface area contributed by atoms with E-state index in [0.717, 1.165) is 40.8 Å². The largest absolute Gasteiger partial charge is 0.496 e. The highest BCUT2D eigenvalue weighted by molar-refractivity contribution is 5.88. The summed E-state index contributed by atoms with van der Waals surface area (Å²) in [5, 5.41) is 1.04. The van der Waals surface area contributed by atoms with Crippen molar-refractivity contribution in [3.05, 3.63) is 29.5 Å². The molecule has 0 unspecified atom stereocenters. The molecule has 0 bridgehead atoms. The van der Waals surface area contributed by atoms with E-state index in [4.69, 9.17) is 4.74 Å². The van der Waals surface area contributed by atoms with Crippen molar-refractivity contribution in [1.29, 1.82) is 0 Å². The van der Waals surface area contributed by atoms with E-state index in [0.29, 0.717) is 0 Å². The third kappa shape index (κ3) is 1.46. The van der Waals surface area contributed by atoms with Gasteiger partial charge in [-0.25, -0.2) is 4.79 Å². The summed E-state index contributed by atoms with van der Waals surface area (Å²) in [5.74, 6) is 0.813. The van der Waals surface area contributed by atoms with Crippen molar-refractivity contribution in [3.63, 3.8) is 0 Å². The van der Waals surface area contributed by atoms with Crippen molar-refractivity contribution in [2.24, 2.45) is 4.99 Å². The summed E-state index contributed by atoms with van der Waals surface area (Å²) in [7, 11) is 1.65. The molecule has 1 aromatic heterocycles. The highest BCUT2D eigenvalue weighted by atomic mass is 16.5. The minimum atomic E-state index is -0.396. The number of ether oxygens (including phenoxy) is 1. The molecule has 4 nitrogen and oxygen atoms in total. The predicted octanol–water partition coefficient (Wildman–Crippen LogP) is 2.81. The lowest BCUT2D eigenvalue weighted by Gasteiger charge is -2.14. The number of rotatable bonds is 3. The summed E-state index contributed by atoms with van der Waals surface area (Å²) in [6.07, 6.45) is 3.45. The Morgan fingerprint density at radius 1 is 1.44 bits per heavy atom. The molecular formula is C14H14N2O2. The van der Waals surface area contributed by atoms with Crippen LogP contribution in [-0.2, 0) is 10.3 Å². The lowest BCUT2D eigenvalue weighted by atomic mass is 10.0. The van der Waals surface area contributed by atoms with E-state index in [-0.39, 0.29) is 0 Å². The van der Waals surface area contributed by atoms with Crippen LogP contribution < -0.4 is 4.74 Å². The van der Waals surface area contributed by atoms with Gasteiger partial charge in [-0.2, -0.15) is 4.99 Å². The molecule has 1 saturated carbocycles. The first kappa shape index (κ1) is 11.1. The van der Waals surface area contributed by atoms with Crippen molar-refractivity contribution >= 4 is 17.0 Å². The molecule has 0 amide bonds. The third-order valence-electron chi connectivity index (χ3n) is 3.58. The van der Waals surface area contributed by atoms with Gasteiger partial charge in [0.25, 0.3) is 0 Å². The Bertz CT molecular complexity index is 662. The molecule has 4 heteroatoms. The zero-order valence-electron chi connectivity index (χ0n) is 10.4. The second-order valence-electron chi connectivity index (χ2n) is 4.79. The molecule has 1 aromatic carbocycles. The van der Waals surface area contributed by atoms with Gasteiger partial charge in [-0.3, -0.25) is 0 Å². The van der Waals surface area contributed by atoms with E-state index in [1.54, 1.807) is 13.2 Å². The summed E-state index contributed by atoms with van der Waals surface area (Å²) in [6, 6.07) is 6.06. The van der Waals surface area contributed by atoms with E-state index in [1.807, 2.05) is 19.1 Å². The van der Waals surface area contributed by atoms with Crippen molar-refractivity contribution < 1.29 is 9.53 Å². The third-order valence-corrected chi connectivity index (χ3v) is 3.58. The van der Waals surface area contributed by atoms with Crippen LogP contribution >= 0.6 is 0 Å². The minimum absolute atomic E-state index is 0.396. The van der Waals surface area contributed by atoms with Crippen LogP contribution in [0.25, 0.3) is 10.9 Å². The molecule has 1 aliphatic carbocycles. The van der Waals surface area contributed by atoms with Gasteiger partial charge in [0, 0.05) is 22.2 Å². The number of methoxy groups -OCH3 is 1. The van der Waals surface area contributed by atoms with E-state index in [2.05, 4.69) is 16.0 Å². The normalized spacial score (nSPS) is 16.3. The lowest BCUT2D eigenvalue weighted by Crippen LogP contribution is -2.05. The monoisotopic (exact) mass is 242 g/mol. The summed E-state index contributed by atoms with van der Waals surface area (Å²) >= 11 is 0. The fourth-order valence-corrected chi connectivity index (χ4v) is 2.55. The maximum atomic E-state index is 10.6. The molecule has 0 radical (unpaired) electrons. The fraction of sp³-hybridized carbons (Fsp3) is 0.357. The van der Waals surface area contributed by atoms with Crippen LogP contribution in [0.5, 0.6) is 5.75 Å². The lowest BCUT2D eigenvalue weighted by molar-refractivity contribution is 0.409. The smallest absolute Gasteiger partial charge is 0.235 e.